The molecule has 0 saturated carbocycles. The van der Waals surface area contributed by atoms with E-state index in [9.17, 15) is 4.79 Å². The van der Waals surface area contributed by atoms with Crippen molar-refractivity contribution < 1.29 is 9.53 Å². The fourth-order valence-electron chi connectivity index (χ4n) is 1.74. The van der Waals surface area contributed by atoms with Crippen molar-refractivity contribution in [3.8, 4) is 0 Å². The van der Waals surface area contributed by atoms with Crippen LogP contribution in [-0.4, -0.2) is 29.3 Å². The lowest BCUT2D eigenvalue weighted by Gasteiger charge is -2.15. The third-order valence-electron chi connectivity index (χ3n) is 3.05. The van der Waals surface area contributed by atoms with E-state index in [0.717, 1.165) is 24.4 Å². The highest BCUT2D eigenvalue weighted by atomic mass is 32.2. The van der Waals surface area contributed by atoms with Crippen molar-refractivity contribution in [1.82, 2.24) is 9.55 Å². The summed E-state index contributed by atoms with van der Waals surface area (Å²) in [5.41, 5.74) is 0.688. The maximum absolute atomic E-state index is 12.1. The quantitative estimate of drug-likeness (QED) is 0.434. The van der Waals surface area contributed by atoms with Gasteiger partial charge in [0.2, 0.25) is 5.12 Å². The average molecular weight is 335 g/mol. The van der Waals surface area contributed by atoms with E-state index in [1.807, 2.05) is 41.1 Å². The molecule has 6 heteroatoms. The van der Waals surface area contributed by atoms with Gasteiger partial charge in [0.1, 0.15) is 11.8 Å². The van der Waals surface area contributed by atoms with Gasteiger partial charge in [-0.05, 0) is 17.8 Å². The van der Waals surface area contributed by atoms with Gasteiger partial charge >= 0.3 is 0 Å². The molecule has 0 unspecified atom stereocenters. The number of imidazole rings is 1. The van der Waals surface area contributed by atoms with Crippen LogP contribution < -0.4 is 0 Å². The Bertz CT molecular complexity index is 608. The zero-order chi connectivity index (χ0) is 16.0. The standard InChI is InChI=1S/C16H22N2O2SSi/c1-22(2,3)10-9-20-13-18-11-15(17-12-18)21-16(19)14-7-5-4-6-8-14/h4-8,11-12H,9-10,13H2,1-3H3. The van der Waals surface area contributed by atoms with Crippen molar-refractivity contribution in [2.45, 2.75) is 37.4 Å². The maximum atomic E-state index is 12.1. The van der Waals surface area contributed by atoms with Crippen LogP contribution in [0, 0.1) is 0 Å². The highest BCUT2D eigenvalue weighted by Gasteiger charge is 2.12. The van der Waals surface area contributed by atoms with Gasteiger partial charge in [-0.25, -0.2) is 4.98 Å². The summed E-state index contributed by atoms with van der Waals surface area (Å²) in [6, 6.07) is 10.4. The van der Waals surface area contributed by atoms with Gasteiger partial charge in [-0.3, -0.25) is 4.79 Å². The van der Waals surface area contributed by atoms with Gasteiger partial charge in [-0.1, -0.05) is 50.0 Å². The number of ether oxygens (including phenoxy) is 1. The number of hydrogen-bond acceptors (Lipinski definition) is 4. The molecule has 4 nitrogen and oxygen atoms in total. The fraction of sp³-hybridized carbons (Fsp3) is 0.375. The summed E-state index contributed by atoms with van der Waals surface area (Å²) in [7, 11) is -1.05. The number of thioether (sulfide) groups is 1. The topological polar surface area (TPSA) is 44.1 Å². The van der Waals surface area contributed by atoms with Crippen molar-refractivity contribution in [3.05, 3.63) is 48.4 Å². The molecule has 0 atom stereocenters. The maximum Gasteiger partial charge on any atom is 0.225 e. The third kappa shape index (κ3) is 5.79. The molecule has 2 rings (SSSR count). The van der Waals surface area contributed by atoms with Gasteiger partial charge in [-0.2, -0.15) is 0 Å². The second-order valence-electron chi connectivity index (χ2n) is 6.33. The normalized spacial score (nSPS) is 11.6. The second-order valence-corrected chi connectivity index (χ2v) is 12.9. The molecular weight excluding hydrogens is 312 g/mol. The molecule has 0 aliphatic rings. The first-order valence-electron chi connectivity index (χ1n) is 7.31. The predicted octanol–water partition coefficient (Wildman–Crippen LogP) is 4.13. The molecule has 0 N–H and O–H groups in total. The number of hydrogen-bond donors (Lipinski definition) is 0. The van der Waals surface area contributed by atoms with Crippen LogP contribution in [0.4, 0.5) is 0 Å². The monoisotopic (exact) mass is 334 g/mol. The van der Waals surface area contributed by atoms with E-state index in [4.69, 9.17) is 4.74 Å². The van der Waals surface area contributed by atoms with E-state index in [-0.39, 0.29) is 5.12 Å². The van der Waals surface area contributed by atoms with Crippen molar-refractivity contribution in [2.75, 3.05) is 6.61 Å². The average Bonchev–Trinajstić information content (AvgIpc) is 2.91. The molecule has 0 aliphatic carbocycles. The summed E-state index contributed by atoms with van der Waals surface area (Å²) >= 11 is 1.14. The van der Waals surface area contributed by atoms with Gasteiger partial charge in [0.15, 0.2) is 0 Å². The summed E-state index contributed by atoms with van der Waals surface area (Å²) in [6.45, 7) is 8.25. The largest absolute Gasteiger partial charge is 0.361 e. The van der Waals surface area contributed by atoms with Gasteiger partial charge in [0.05, 0.1) is 6.33 Å². The van der Waals surface area contributed by atoms with Gasteiger partial charge < -0.3 is 9.30 Å². The first-order chi connectivity index (χ1) is 10.4. The molecule has 0 aliphatic heterocycles. The number of carbonyl (C=O) groups excluding carboxylic acids is 1. The SMILES string of the molecule is C[Si](C)(C)CCOCn1cnc(SC(=O)c2ccccc2)c1. The van der Waals surface area contributed by atoms with E-state index >= 15 is 0 Å². The Morgan fingerprint density at radius 2 is 2.00 bits per heavy atom. The summed E-state index contributed by atoms with van der Waals surface area (Å²) in [6.07, 6.45) is 3.55. The molecule has 0 radical (unpaired) electrons. The minimum atomic E-state index is -1.05. The summed E-state index contributed by atoms with van der Waals surface area (Å²) < 4.78 is 7.53. The molecule has 1 aromatic carbocycles. The van der Waals surface area contributed by atoms with E-state index in [1.165, 1.54) is 0 Å². The van der Waals surface area contributed by atoms with Crippen molar-refractivity contribution in [3.63, 3.8) is 0 Å². The first kappa shape index (κ1) is 17.0. The van der Waals surface area contributed by atoms with Crippen LogP contribution >= 0.6 is 11.8 Å². The molecule has 1 heterocycles. The summed E-state index contributed by atoms with van der Waals surface area (Å²) in [5, 5.41) is 0.702. The van der Waals surface area contributed by atoms with Crippen LogP contribution in [0.2, 0.25) is 25.7 Å². The highest BCUT2D eigenvalue weighted by Crippen LogP contribution is 2.20. The number of benzene rings is 1. The molecular formula is C16H22N2O2SSi. The lowest BCUT2D eigenvalue weighted by atomic mass is 10.2. The number of aromatic nitrogens is 2. The lowest BCUT2D eigenvalue weighted by molar-refractivity contribution is 0.0870. The van der Waals surface area contributed by atoms with Gasteiger partial charge in [0, 0.05) is 26.4 Å². The Hall–Kier alpha value is -1.37. The lowest BCUT2D eigenvalue weighted by Crippen LogP contribution is -2.21. The minimum absolute atomic E-state index is 0.00509. The summed E-state index contributed by atoms with van der Waals surface area (Å²) in [4.78, 5) is 16.3. The van der Waals surface area contributed by atoms with Gasteiger partial charge in [0.25, 0.3) is 0 Å². The molecule has 22 heavy (non-hydrogen) atoms. The molecule has 2 aromatic rings. The number of nitrogens with zero attached hydrogens (tertiary/aromatic N) is 2. The molecule has 0 fully saturated rings. The highest BCUT2D eigenvalue weighted by molar-refractivity contribution is 8.14. The van der Waals surface area contributed by atoms with Gasteiger partial charge in [-0.15, -0.1) is 0 Å². The van der Waals surface area contributed by atoms with Crippen molar-refractivity contribution in [2.24, 2.45) is 0 Å². The molecule has 118 valence electrons. The zero-order valence-corrected chi connectivity index (χ0v) is 15.1. The molecule has 0 bridgehead atoms. The smallest absolute Gasteiger partial charge is 0.225 e. The Morgan fingerprint density at radius 3 is 2.68 bits per heavy atom. The minimum Gasteiger partial charge on any atom is -0.361 e. The number of rotatable bonds is 7. The Balaban J connectivity index is 1.80. The Morgan fingerprint density at radius 1 is 1.27 bits per heavy atom. The van der Waals surface area contributed by atoms with Crippen molar-refractivity contribution >= 4 is 25.0 Å². The molecule has 0 saturated heterocycles. The van der Waals surface area contributed by atoms with Crippen LogP contribution in [0.5, 0.6) is 0 Å². The third-order valence-corrected chi connectivity index (χ3v) is 5.60. The molecule has 0 amide bonds. The molecule has 1 aromatic heterocycles. The van der Waals surface area contributed by atoms with E-state index in [2.05, 4.69) is 24.6 Å². The van der Waals surface area contributed by atoms with Crippen LogP contribution in [0.1, 0.15) is 10.4 Å². The number of carbonyl (C=O) groups is 1. The van der Waals surface area contributed by atoms with E-state index in [0.29, 0.717) is 17.3 Å². The van der Waals surface area contributed by atoms with Crippen molar-refractivity contribution in [1.29, 1.82) is 0 Å². The predicted molar refractivity (Wildman–Crippen MR) is 93.0 cm³/mol. The van der Waals surface area contributed by atoms with E-state index < -0.39 is 8.07 Å². The van der Waals surface area contributed by atoms with Crippen LogP contribution in [0.25, 0.3) is 0 Å². The van der Waals surface area contributed by atoms with Crippen LogP contribution in [0.3, 0.4) is 0 Å². The molecule has 0 spiro atoms. The van der Waals surface area contributed by atoms with Crippen LogP contribution in [-0.2, 0) is 11.5 Å². The Labute approximate surface area is 136 Å². The Kier molecular flexibility index (Phi) is 5.99. The zero-order valence-electron chi connectivity index (χ0n) is 13.3. The fourth-order valence-corrected chi connectivity index (χ4v) is 3.23. The second kappa shape index (κ2) is 7.76. The van der Waals surface area contributed by atoms with Crippen LogP contribution in [0.15, 0.2) is 47.9 Å². The van der Waals surface area contributed by atoms with E-state index in [1.54, 1.807) is 6.33 Å². The summed E-state index contributed by atoms with van der Waals surface area (Å²) in [5.74, 6) is 0. The first-order valence-corrected chi connectivity index (χ1v) is 11.8.